The molecular formula is C20H23F3N4O. The summed E-state index contributed by atoms with van der Waals surface area (Å²) in [7, 11) is 1.74. The van der Waals surface area contributed by atoms with E-state index in [0.29, 0.717) is 12.5 Å². The van der Waals surface area contributed by atoms with Gasteiger partial charge in [0.2, 0.25) is 5.88 Å². The number of pyridine rings is 1. The van der Waals surface area contributed by atoms with Gasteiger partial charge in [-0.2, -0.15) is 13.2 Å². The number of likely N-dealkylation sites (tertiary alicyclic amines) is 1. The van der Waals surface area contributed by atoms with E-state index in [1.54, 1.807) is 13.1 Å². The molecule has 0 spiro atoms. The first-order valence-electron chi connectivity index (χ1n) is 9.09. The summed E-state index contributed by atoms with van der Waals surface area (Å²) in [6.07, 6.45) is -1.80. The maximum absolute atomic E-state index is 12.2. The number of hydrogen-bond donors (Lipinski definition) is 1. The maximum atomic E-state index is 12.2. The largest absolute Gasteiger partial charge is 0.468 e. The van der Waals surface area contributed by atoms with E-state index in [9.17, 15) is 13.2 Å². The van der Waals surface area contributed by atoms with E-state index in [1.807, 2.05) is 6.07 Å². The monoisotopic (exact) mass is 392 g/mol. The lowest BCUT2D eigenvalue weighted by Gasteiger charge is -2.22. The molecule has 1 aliphatic rings. The molecule has 5 nitrogen and oxygen atoms in total. The van der Waals surface area contributed by atoms with Gasteiger partial charge in [-0.05, 0) is 17.5 Å². The van der Waals surface area contributed by atoms with Crippen molar-refractivity contribution in [2.45, 2.75) is 25.1 Å². The molecule has 1 aliphatic heterocycles. The number of nitrogens with one attached hydrogen (secondary N) is 1. The fraction of sp³-hybridized carbons (Fsp3) is 0.400. The molecule has 150 valence electrons. The molecule has 1 unspecified atom stereocenters. The zero-order valence-electron chi connectivity index (χ0n) is 15.6. The molecule has 0 radical (unpaired) electrons. The summed E-state index contributed by atoms with van der Waals surface area (Å²) in [6, 6.07) is 13.6. The summed E-state index contributed by atoms with van der Waals surface area (Å²) in [5, 5.41) is 3.29. The van der Waals surface area contributed by atoms with Gasteiger partial charge in [0.05, 0.1) is 0 Å². The normalized spacial score (nSPS) is 17.6. The first-order chi connectivity index (χ1) is 13.4. The predicted molar refractivity (Wildman–Crippen MR) is 101 cm³/mol. The lowest BCUT2D eigenvalue weighted by molar-refractivity contribution is -0.154. The molecular weight excluding hydrogens is 369 g/mol. The molecule has 0 aliphatic carbocycles. The van der Waals surface area contributed by atoms with E-state index in [2.05, 4.69) is 49.2 Å². The fourth-order valence-electron chi connectivity index (χ4n) is 3.22. The molecule has 1 atom stereocenters. The summed E-state index contributed by atoms with van der Waals surface area (Å²) >= 11 is 0. The Hall–Kier alpha value is -2.77. The third-order valence-electron chi connectivity index (χ3n) is 4.60. The van der Waals surface area contributed by atoms with Crippen LogP contribution >= 0.6 is 0 Å². The Kier molecular flexibility index (Phi) is 6.38. The Bertz CT molecular complexity index is 778. The summed E-state index contributed by atoms with van der Waals surface area (Å²) in [4.78, 5) is 10.5. The first-order valence-corrected chi connectivity index (χ1v) is 9.09. The van der Waals surface area contributed by atoms with Crippen molar-refractivity contribution >= 4 is 5.96 Å². The number of aromatic nitrogens is 1. The third-order valence-corrected chi connectivity index (χ3v) is 4.60. The van der Waals surface area contributed by atoms with Crippen LogP contribution in [0.4, 0.5) is 13.2 Å². The van der Waals surface area contributed by atoms with Crippen molar-refractivity contribution in [3.05, 3.63) is 59.8 Å². The highest BCUT2D eigenvalue weighted by atomic mass is 19.4. The van der Waals surface area contributed by atoms with Crippen LogP contribution in [0.3, 0.4) is 0 Å². The number of ether oxygens (including phenoxy) is 1. The van der Waals surface area contributed by atoms with Crippen LogP contribution in [0.15, 0.2) is 53.7 Å². The Balaban J connectivity index is 1.50. The Morgan fingerprint density at radius 2 is 2.04 bits per heavy atom. The molecule has 0 amide bonds. The van der Waals surface area contributed by atoms with Gasteiger partial charge in [0.15, 0.2) is 12.6 Å². The van der Waals surface area contributed by atoms with E-state index in [1.165, 1.54) is 17.8 Å². The van der Waals surface area contributed by atoms with Crippen LogP contribution in [-0.4, -0.2) is 48.8 Å². The van der Waals surface area contributed by atoms with Crippen molar-refractivity contribution in [3.63, 3.8) is 0 Å². The van der Waals surface area contributed by atoms with Gasteiger partial charge in [0.25, 0.3) is 0 Å². The molecule has 0 bridgehead atoms. The zero-order valence-corrected chi connectivity index (χ0v) is 15.6. The van der Waals surface area contributed by atoms with Crippen molar-refractivity contribution in [1.82, 2.24) is 15.2 Å². The van der Waals surface area contributed by atoms with Crippen molar-refractivity contribution in [3.8, 4) is 5.88 Å². The molecule has 3 rings (SSSR count). The summed E-state index contributed by atoms with van der Waals surface area (Å²) in [6.45, 7) is 0.946. The van der Waals surface area contributed by atoms with Crippen molar-refractivity contribution in [2.75, 3.05) is 26.7 Å². The second-order valence-corrected chi connectivity index (χ2v) is 6.65. The number of rotatable bonds is 5. The van der Waals surface area contributed by atoms with Gasteiger partial charge in [-0.1, -0.05) is 36.4 Å². The number of guanidine groups is 1. The molecule has 1 aromatic heterocycles. The predicted octanol–water partition coefficient (Wildman–Crippen LogP) is 3.59. The second kappa shape index (κ2) is 8.95. The molecule has 1 aromatic carbocycles. The second-order valence-electron chi connectivity index (χ2n) is 6.65. The van der Waals surface area contributed by atoms with Gasteiger partial charge in [0, 0.05) is 44.9 Å². The van der Waals surface area contributed by atoms with E-state index < -0.39 is 12.8 Å². The van der Waals surface area contributed by atoms with Crippen LogP contribution in [0, 0.1) is 0 Å². The lowest BCUT2D eigenvalue weighted by Crippen LogP contribution is -2.39. The Morgan fingerprint density at radius 3 is 2.68 bits per heavy atom. The molecule has 2 heterocycles. The van der Waals surface area contributed by atoms with Crippen molar-refractivity contribution < 1.29 is 17.9 Å². The Morgan fingerprint density at radius 1 is 1.25 bits per heavy atom. The minimum atomic E-state index is -4.37. The van der Waals surface area contributed by atoms with Crippen molar-refractivity contribution in [1.29, 1.82) is 0 Å². The number of nitrogens with zero attached hydrogens (tertiary/aromatic N) is 3. The number of benzene rings is 1. The highest BCUT2D eigenvalue weighted by Gasteiger charge is 2.28. The van der Waals surface area contributed by atoms with Gasteiger partial charge in [-0.15, -0.1) is 0 Å². The van der Waals surface area contributed by atoms with Crippen LogP contribution in [0.2, 0.25) is 0 Å². The molecule has 2 aromatic rings. The van der Waals surface area contributed by atoms with Crippen LogP contribution in [0.25, 0.3) is 0 Å². The van der Waals surface area contributed by atoms with Gasteiger partial charge >= 0.3 is 6.18 Å². The van der Waals surface area contributed by atoms with Crippen LogP contribution < -0.4 is 10.1 Å². The number of halogens is 3. The third kappa shape index (κ3) is 5.61. The van der Waals surface area contributed by atoms with Crippen LogP contribution in [0.1, 0.15) is 23.5 Å². The summed E-state index contributed by atoms with van der Waals surface area (Å²) in [5.41, 5.74) is 2.17. The van der Waals surface area contributed by atoms with Crippen molar-refractivity contribution in [2.24, 2.45) is 4.99 Å². The fourth-order valence-corrected chi connectivity index (χ4v) is 3.22. The first kappa shape index (κ1) is 20.0. The topological polar surface area (TPSA) is 49.8 Å². The highest BCUT2D eigenvalue weighted by Crippen LogP contribution is 2.26. The number of aliphatic imine (C=N–C) groups is 1. The molecule has 0 saturated carbocycles. The molecule has 1 saturated heterocycles. The minimum Gasteiger partial charge on any atom is -0.468 e. The SMILES string of the molecule is CN=C(NCc1ccc(OCC(F)(F)F)nc1)N1CCC(c2ccccc2)C1. The van der Waals surface area contributed by atoms with Gasteiger partial charge < -0.3 is 15.0 Å². The number of alkyl halides is 3. The maximum Gasteiger partial charge on any atom is 0.422 e. The van der Waals surface area contributed by atoms with E-state index >= 15 is 0 Å². The highest BCUT2D eigenvalue weighted by molar-refractivity contribution is 5.80. The summed E-state index contributed by atoms with van der Waals surface area (Å²) in [5.74, 6) is 1.23. The summed E-state index contributed by atoms with van der Waals surface area (Å²) < 4.78 is 41.1. The van der Waals surface area contributed by atoms with Crippen LogP contribution in [-0.2, 0) is 6.54 Å². The van der Waals surface area contributed by atoms with Gasteiger partial charge in [-0.25, -0.2) is 4.98 Å². The van der Waals surface area contributed by atoms with Crippen LogP contribution in [0.5, 0.6) is 5.88 Å². The standard InChI is InChI=1S/C20H23F3N4O/c1-24-19(27-10-9-17(13-27)16-5-3-2-4-6-16)26-12-15-7-8-18(25-11-15)28-14-20(21,22)23/h2-8,11,17H,9-10,12-14H2,1H3,(H,24,26). The van der Waals surface area contributed by atoms with E-state index in [4.69, 9.17) is 0 Å². The molecule has 1 fully saturated rings. The molecule has 8 heteroatoms. The average Bonchev–Trinajstić information content (AvgIpc) is 3.18. The molecule has 1 N–H and O–H groups in total. The minimum absolute atomic E-state index is 0.0456. The lowest BCUT2D eigenvalue weighted by atomic mass is 9.99. The van der Waals surface area contributed by atoms with Gasteiger partial charge in [-0.3, -0.25) is 4.99 Å². The quantitative estimate of drug-likeness (QED) is 0.624. The number of hydrogen-bond acceptors (Lipinski definition) is 3. The Labute approximate surface area is 162 Å². The zero-order chi connectivity index (χ0) is 20.0. The van der Waals surface area contributed by atoms with E-state index in [-0.39, 0.29) is 5.88 Å². The molecule has 28 heavy (non-hydrogen) atoms. The van der Waals surface area contributed by atoms with E-state index in [0.717, 1.165) is 31.0 Å². The van der Waals surface area contributed by atoms with Gasteiger partial charge in [0.1, 0.15) is 0 Å². The smallest absolute Gasteiger partial charge is 0.422 e. The average molecular weight is 392 g/mol.